The number of carbonyl (C=O) groups is 1. The molecule has 1 aliphatic heterocycles. The average Bonchev–Trinajstić information content (AvgIpc) is 2.59. The van der Waals surface area contributed by atoms with E-state index in [1.165, 1.54) is 6.07 Å². The van der Waals surface area contributed by atoms with Crippen LogP contribution in [0.3, 0.4) is 0 Å². The first kappa shape index (κ1) is 13.3. The number of rotatable bonds is 1. The molecule has 1 heterocycles. The monoisotopic (exact) mass is 306 g/mol. The molecule has 102 valence electrons. The molecule has 20 heavy (non-hydrogen) atoms. The maximum Gasteiger partial charge on any atom is 0.186 e. The van der Waals surface area contributed by atoms with Crippen molar-refractivity contribution in [2.45, 2.75) is 11.8 Å². The maximum absolute atomic E-state index is 11.8. The van der Waals surface area contributed by atoms with Gasteiger partial charge >= 0.3 is 0 Å². The lowest BCUT2D eigenvalue weighted by Crippen LogP contribution is -2.03. The first-order valence-corrected chi connectivity index (χ1v) is 8.08. The Kier molecular flexibility index (Phi) is 2.96. The Morgan fingerprint density at radius 1 is 1.05 bits per heavy atom. The van der Waals surface area contributed by atoms with Crippen LogP contribution in [0, 0.1) is 6.92 Å². The Balaban J connectivity index is 2.19. The maximum atomic E-state index is 11.8. The Morgan fingerprint density at radius 2 is 1.80 bits per heavy atom. The summed E-state index contributed by atoms with van der Waals surface area (Å²) < 4.78 is 23.6. The highest BCUT2D eigenvalue weighted by Gasteiger charge is 2.33. The van der Waals surface area contributed by atoms with Gasteiger partial charge in [0.1, 0.15) is 5.75 Å². The van der Waals surface area contributed by atoms with Crippen LogP contribution in [0.4, 0.5) is 0 Å². The molecule has 0 amide bonds. The summed E-state index contributed by atoms with van der Waals surface area (Å²) in [5, 5.41) is 0.582. The minimum Gasteiger partial charge on any atom is -0.293 e. The van der Waals surface area contributed by atoms with E-state index in [4.69, 9.17) is 11.6 Å². The highest BCUT2D eigenvalue weighted by Crippen LogP contribution is 2.33. The van der Waals surface area contributed by atoms with Crippen LogP contribution in [0.15, 0.2) is 41.3 Å². The lowest BCUT2D eigenvalue weighted by Gasteiger charge is -2.07. The number of fused-ring (bicyclic) bond motifs is 1. The quantitative estimate of drug-likeness (QED) is 0.812. The molecule has 0 spiro atoms. The Bertz CT molecular complexity index is 838. The minimum absolute atomic E-state index is 0.120. The third-order valence-corrected chi connectivity index (χ3v) is 5.35. The standard InChI is InChI=1S/C15H11ClO3S/c1-9-2-4-11(13(16)6-9)10-3-5-15-12(7-10)14(17)8-20(15,18)19/h2-7H,8H2,1H3. The smallest absolute Gasteiger partial charge is 0.186 e. The van der Waals surface area contributed by atoms with Crippen molar-refractivity contribution >= 4 is 27.2 Å². The number of ketones is 1. The Labute approximate surface area is 122 Å². The van der Waals surface area contributed by atoms with Crippen molar-refractivity contribution < 1.29 is 13.2 Å². The van der Waals surface area contributed by atoms with Crippen molar-refractivity contribution in [3.05, 3.63) is 52.5 Å². The summed E-state index contributed by atoms with van der Waals surface area (Å²) in [6, 6.07) is 10.4. The van der Waals surface area contributed by atoms with Gasteiger partial charge in [0.15, 0.2) is 15.6 Å². The van der Waals surface area contributed by atoms with E-state index in [1.54, 1.807) is 12.1 Å². The molecule has 5 heteroatoms. The number of hydrogen-bond acceptors (Lipinski definition) is 3. The lowest BCUT2D eigenvalue weighted by molar-refractivity contribution is 0.102. The van der Waals surface area contributed by atoms with E-state index >= 15 is 0 Å². The van der Waals surface area contributed by atoms with Crippen LogP contribution < -0.4 is 0 Å². The van der Waals surface area contributed by atoms with Gasteiger partial charge in [0, 0.05) is 16.1 Å². The molecule has 2 aromatic carbocycles. The zero-order valence-corrected chi connectivity index (χ0v) is 12.3. The number of halogens is 1. The fourth-order valence-corrected chi connectivity index (χ4v) is 4.15. The van der Waals surface area contributed by atoms with Crippen molar-refractivity contribution in [1.29, 1.82) is 0 Å². The molecular formula is C15H11ClO3S. The van der Waals surface area contributed by atoms with E-state index in [1.807, 2.05) is 25.1 Å². The second-order valence-corrected chi connectivity index (χ2v) is 7.24. The summed E-state index contributed by atoms with van der Waals surface area (Å²) in [5.74, 6) is -0.793. The summed E-state index contributed by atoms with van der Waals surface area (Å²) in [6.07, 6.45) is 0. The van der Waals surface area contributed by atoms with Crippen molar-refractivity contribution in [3.63, 3.8) is 0 Å². The zero-order valence-electron chi connectivity index (χ0n) is 10.7. The topological polar surface area (TPSA) is 51.2 Å². The van der Waals surface area contributed by atoms with Gasteiger partial charge in [0.25, 0.3) is 0 Å². The second-order valence-electron chi connectivity index (χ2n) is 4.88. The second kappa shape index (κ2) is 4.43. The summed E-state index contributed by atoms with van der Waals surface area (Å²) in [5.41, 5.74) is 2.84. The molecule has 0 aromatic heterocycles. The zero-order chi connectivity index (χ0) is 14.5. The van der Waals surface area contributed by atoms with Crippen LogP contribution in [0.1, 0.15) is 15.9 Å². The summed E-state index contributed by atoms with van der Waals surface area (Å²) in [4.78, 5) is 11.9. The van der Waals surface area contributed by atoms with Gasteiger partial charge < -0.3 is 0 Å². The molecular weight excluding hydrogens is 296 g/mol. The summed E-state index contributed by atoms with van der Waals surface area (Å²) >= 11 is 6.20. The van der Waals surface area contributed by atoms with Gasteiger partial charge in [0.05, 0.1) is 4.90 Å². The molecule has 0 unspecified atom stereocenters. The van der Waals surface area contributed by atoms with Crippen LogP contribution in [-0.2, 0) is 9.84 Å². The van der Waals surface area contributed by atoms with Crippen molar-refractivity contribution in [3.8, 4) is 11.1 Å². The molecule has 0 N–H and O–H groups in total. The molecule has 0 saturated carbocycles. The van der Waals surface area contributed by atoms with Crippen LogP contribution in [0.2, 0.25) is 5.02 Å². The molecule has 2 aromatic rings. The summed E-state index contributed by atoms with van der Waals surface area (Å²) in [7, 11) is -3.45. The van der Waals surface area contributed by atoms with E-state index in [0.29, 0.717) is 5.02 Å². The average molecular weight is 307 g/mol. The van der Waals surface area contributed by atoms with Crippen LogP contribution in [-0.4, -0.2) is 20.0 Å². The fraction of sp³-hybridized carbons (Fsp3) is 0.133. The van der Waals surface area contributed by atoms with Gasteiger partial charge in [-0.25, -0.2) is 8.42 Å². The van der Waals surface area contributed by atoms with Gasteiger partial charge in [0.2, 0.25) is 0 Å². The number of aryl methyl sites for hydroxylation is 1. The van der Waals surface area contributed by atoms with E-state index < -0.39 is 15.6 Å². The molecule has 0 fully saturated rings. The van der Waals surface area contributed by atoms with E-state index in [2.05, 4.69) is 0 Å². The molecule has 0 saturated heterocycles. The summed E-state index contributed by atoms with van der Waals surface area (Å²) in [6.45, 7) is 1.94. The molecule has 0 aliphatic carbocycles. The predicted molar refractivity (Wildman–Crippen MR) is 78.0 cm³/mol. The molecule has 3 rings (SSSR count). The number of sulfone groups is 1. The van der Waals surface area contributed by atoms with Gasteiger partial charge in [-0.2, -0.15) is 0 Å². The van der Waals surface area contributed by atoms with E-state index in [9.17, 15) is 13.2 Å². The fourth-order valence-electron chi connectivity index (χ4n) is 2.37. The van der Waals surface area contributed by atoms with Crippen molar-refractivity contribution in [2.75, 3.05) is 5.75 Å². The van der Waals surface area contributed by atoms with E-state index in [0.717, 1.165) is 16.7 Å². The normalized spacial score (nSPS) is 16.2. The molecule has 1 aliphatic rings. The van der Waals surface area contributed by atoms with Crippen LogP contribution in [0.25, 0.3) is 11.1 Å². The van der Waals surface area contributed by atoms with Gasteiger partial charge in [-0.15, -0.1) is 0 Å². The largest absolute Gasteiger partial charge is 0.293 e. The first-order chi connectivity index (χ1) is 9.38. The Hall–Kier alpha value is -1.65. The number of hydrogen-bond donors (Lipinski definition) is 0. The lowest BCUT2D eigenvalue weighted by atomic mass is 10.0. The number of carbonyl (C=O) groups excluding carboxylic acids is 1. The highest BCUT2D eigenvalue weighted by molar-refractivity contribution is 7.92. The van der Waals surface area contributed by atoms with Gasteiger partial charge in [-0.1, -0.05) is 29.8 Å². The molecule has 0 bridgehead atoms. The number of benzene rings is 2. The first-order valence-electron chi connectivity index (χ1n) is 6.05. The SMILES string of the molecule is Cc1ccc(-c2ccc3c(c2)C(=O)CS3(=O)=O)c(Cl)c1. The Morgan fingerprint density at radius 3 is 2.50 bits per heavy atom. The van der Waals surface area contributed by atoms with Crippen molar-refractivity contribution in [1.82, 2.24) is 0 Å². The predicted octanol–water partition coefficient (Wildman–Crippen LogP) is 3.29. The number of Topliss-reactive ketones (excluding diaryl/α,β-unsaturated/α-hetero) is 1. The third kappa shape index (κ3) is 2.05. The molecule has 3 nitrogen and oxygen atoms in total. The highest BCUT2D eigenvalue weighted by atomic mass is 35.5. The van der Waals surface area contributed by atoms with Crippen LogP contribution in [0.5, 0.6) is 0 Å². The molecule has 0 atom stereocenters. The van der Waals surface area contributed by atoms with Gasteiger partial charge in [-0.05, 0) is 36.2 Å². The third-order valence-electron chi connectivity index (χ3n) is 3.37. The van der Waals surface area contributed by atoms with E-state index in [-0.39, 0.29) is 16.2 Å². The molecule has 0 radical (unpaired) electrons. The minimum atomic E-state index is -3.45. The van der Waals surface area contributed by atoms with Crippen LogP contribution >= 0.6 is 11.6 Å². The van der Waals surface area contributed by atoms with Crippen molar-refractivity contribution in [2.24, 2.45) is 0 Å². The van der Waals surface area contributed by atoms with Gasteiger partial charge in [-0.3, -0.25) is 4.79 Å².